The number of nitrogens with zero attached hydrogens (tertiary/aromatic N) is 1. The minimum atomic E-state index is -0.0732. The molecule has 1 N–H and O–H groups in total. The summed E-state index contributed by atoms with van der Waals surface area (Å²) in [5.74, 6) is 0.672. The molecular formula is C14H16N2O2S. The molecule has 100 valence electrons. The number of aromatic nitrogens is 1. The fourth-order valence-electron chi connectivity index (χ4n) is 1.64. The van der Waals surface area contributed by atoms with Gasteiger partial charge in [0.25, 0.3) is 5.91 Å². The number of hydrogen-bond donors (Lipinski definition) is 1. The maximum atomic E-state index is 11.9. The van der Waals surface area contributed by atoms with Gasteiger partial charge in [0.15, 0.2) is 0 Å². The van der Waals surface area contributed by atoms with E-state index in [9.17, 15) is 4.79 Å². The van der Waals surface area contributed by atoms with Crippen LogP contribution in [0.1, 0.15) is 21.1 Å². The molecule has 0 aliphatic rings. The van der Waals surface area contributed by atoms with Gasteiger partial charge in [-0.15, -0.1) is 11.3 Å². The predicted molar refractivity (Wildman–Crippen MR) is 75.9 cm³/mol. The number of rotatable bonds is 5. The summed E-state index contributed by atoms with van der Waals surface area (Å²) in [5.41, 5.74) is 1.66. The lowest BCUT2D eigenvalue weighted by molar-refractivity contribution is 0.0954. The molecule has 19 heavy (non-hydrogen) atoms. The normalized spacial score (nSPS) is 10.2. The van der Waals surface area contributed by atoms with Gasteiger partial charge in [-0.25, -0.2) is 4.98 Å². The highest BCUT2D eigenvalue weighted by molar-refractivity contribution is 7.09. The molecular weight excluding hydrogens is 260 g/mol. The molecule has 0 spiro atoms. The maximum absolute atomic E-state index is 11.9. The van der Waals surface area contributed by atoms with Crippen molar-refractivity contribution in [2.24, 2.45) is 0 Å². The number of hydrogen-bond acceptors (Lipinski definition) is 4. The molecule has 0 atom stereocenters. The zero-order chi connectivity index (χ0) is 13.7. The Labute approximate surface area is 116 Å². The maximum Gasteiger partial charge on any atom is 0.251 e. The summed E-state index contributed by atoms with van der Waals surface area (Å²) < 4.78 is 5.05. The van der Waals surface area contributed by atoms with E-state index in [1.54, 1.807) is 42.7 Å². The van der Waals surface area contributed by atoms with Crippen LogP contribution in [0, 0.1) is 6.92 Å². The first kappa shape index (κ1) is 13.5. The van der Waals surface area contributed by atoms with E-state index in [1.807, 2.05) is 12.3 Å². The van der Waals surface area contributed by atoms with E-state index in [4.69, 9.17) is 4.74 Å². The number of nitrogens with one attached hydrogen (secondary N) is 1. The monoisotopic (exact) mass is 276 g/mol. The minimum Gasteiger partial charge on any atom is -0.497 e. The molecule has 2 aromatic rings. The van der Waals surface area contributed by atoms with E-state index in [2.05, 4.69) is 10.3 Å². The number of methoxy groups -OCH3 is 1. The minimum absolute atomic E-state index is 0.0732. The van der Waals surface area contributed by atoms with Crippen molar-refractivity contribution in [1.29, 1.82) is 0 Å². The number of thiazole rings is 1. The van der Waals surface area contributed by atoms with E-state index >= 15 is 0 Å². The van der Waals surface area contributed by atoms with Gasteiger partial charge in [-0.2, -0.15) is 0 Å². The lowest BCUT2D eigenvalue weighted by Crippen LogP contribution is -2.25. The third-order valence-corrected chi connectivity index (χ3v) is 3.67. The Bertz CT molecular complexity index is 549. The average Bonchev–Trinajstić information content (AvgIpc) is 2.84. The number of benzene rings is 1. The van der Waals surface area contributed by atoms with Crippen LogP contribution < -0.4 is 10.1 Å². The Hall–Kier alpha value is -1.88. The second-order valence-electron chi connectivity index (χ2n) is 4.12. The van der Waals surface area contributed by atoms with Crippen LogP contribution in [0.2, 0.25) is 0 Å². The summed E-state index contributed by atoms with van der Waals surface area (Å²) >= 11 is 1.62. The molecule has 1 aromatic heterocycles. The summed E-state index contributed by atoms with van der Waals surface area (Å²) in [4.78, 5) is 16.2. The Kier molecular flexibility index (Phi) is 4.52. The van der Waals surface area contributed by atoms with Crippen molar-refractivity contribution in [3.05, 3.63) is 45.9 Å². The highest BCUT2D eigenvalue weighted by atomic mass is 32.1. The van der Waals surface area contributed by atoms with Crippen molar-refractivity contribution in [3.63, 3.8) is 0 Å². The summed E-state index contributed by atoms with van der Waals surface area (Å²) in [7, 11) is 1.60. The first-order chi connectivity index (χ1) is 9.19. The van der Waals surface area contributed by atoms with E-state index < -0.39 is 0 Å². The molecule has 1 amide bonds. The smallest absolute Gasteiger partial charge is 0.251 e. The highest BCUT2D eigenvalue weighted by Gasteiger charge is 2.05. The van der Waals surface area contributed by atoms with Crippen LogP contribution in [0.3, 0.4) is 0 Å². The quantitative estimate of drug-likeness (QED) is 0.912. The second kappa shape index (κ2) is 6.33. The van der Waals surface area contributed by atoms with Gasteiger partial charge in [-0.1, -0.05) is 0 Å². The van der Waals surface area contributed by atoms with Crippen LogP contribution >= 0.6 is 11.3 Å². The lowest BCUT2D eigenvalue weighted by Gasteiger charge is -2.05. The van der Waals surface area contributed by atoms with Crippen molar-refractivity contribution < 1.29 is 9.53 Å². The fourth-order valence-corrected chi connectivity index (χ4v) is 2.42. The summed E-state index contributed by atoms with van der Waals surface area (Å²) in [5, 5.41) is 5.94. The third-order valence-electron chi connectivity index (χ3n) is 2.64. The molecule has 4 nitrogen and oxygen atoms in total. The number of aryl methyl sites for hydroxylation is 1. The molecule has 5 heteroatoms. The van der Waals surface area contributed by atoms with Gasteiger partial charge in [-0.05, 0) is 31.2 Å². The first-order valence-corrected chi connectivity index (χ1v) is 6.90. The zero-order valence-electron chi connectivity index (χ0n) is 11.0. The van der Waals surface area contributed by atoms with Crippen molar-refractivity contribution in [2.75, 3.05) is 13.7 Å². The average molecular weight is 276 g/mol. The SMILES string of the molecule is COc1ccc(C(=O)NCCc2nc(C)cs2)cc1. The van der Waals surface area contributed by atoms with E-state index in [-0.39, 0.29) is 5.91 Å². The highest BCUT2D eigenvalue weighted by Crippen LogP contribution is 2.11. The summed E-state index contributed by atoms with van der Waals surface area (Å²) in [6, 6.07) is 7.06. The van der Waals surface area contributed by atoms with Crippen molar-refractivity contribution in [3.8, 4) is 5.75 Å². The van der Waals surface area contributed by atoms with Gasteiger partial charge in [0.2, 0.25) is 0 Å². The summed E-state index contributed by atoms with van der Waals surface area (Å²) in [6.07, 6.45) is 0.764. The van der Waals surface area contributed by atoms with Crippen LogP contribution in [-0.4, -0.2) is 24.5 Å². The third kappa shape index (κ3) is 3.79. The molecule has 0 bridgehead atoms. The number of carbonyl (C=O) groups excluding carboxylic acids is 1. The Morgan fingerprint density at radius 1 is 1.37 bits per heavy atom. The Morgan fingerprint density at radius 3 is 2.68 bits per heavy atom. The van der Waals surface area contributed by atoms with Crippen LogP contribution in [0.15, 0.2) is 29.6 Å². The largest absolute Gasteiger partial charge is 0.497 e. The van der Waals surface area contributed by atoms with Gasteiger partial charge >= 0.3 is 0 Å². The number of carbonyl (C=O) groups is 1. The van der Waals surface area contributed by atoms with Crippen molar-refractivity contribution >= 4 is 17.2 Å². The molecule has 0 fully saturated rings. The molecule has 2 rings (SSSR count). The number of amides is 1. The van der Waals surface area contributed by atoms with Gasteiger partial charge in [0.05, 0.1) is 12.1 Å². The zero-order valence-corrected chi connectivity index (χ0v) is 11.8. The van der Waals surface area contributed by atoms with Gasteiger partial charge < -0.3 is 10.1 Å². The fraction of sp³-hybridized carbons (Fsp3) is 0.286. The van der Waals surface area contributed by atoms with E-state index in [0.29, 0.717) is 12.1 Å². The standard InChI is InChI=1S/C14H16N2O2S/c1-10-9-19-13(16-10)7-8-15-14(17)11-3-5-12(18-2)6-4-11/h3-6,9H,7-8H2,1-2H3,(H,15,17). The van der Waals surface area contributed by atoms with Crippen LogP contribution in [-0.2, 0) is 6.42 Å². The topological polar surface area (TPSA) is 51.2 Å². The Morgan fingerprint density at radius 2 is 2.11 bits per heavy atom. The molecule has 0 saturated heterocycles. The molecule has 0 unspecified atom stereocenters. The van der Waals surface area contributed by atoms with Crippen molar-refractivity contribution in [1.82, 2.24) is 10.3 Å². The van der Waals surface area contributed by atoms with Gasteiger partial charge in [0.1, 0.15) is 5.75 Å². The van der Waals surface area contributed by atoms with Crippen LogP contribution in [0.5, 0.6) is 5.75 Å². The van der Waals surface area contributed by atoms with E-state index in [1.165, 1.54) is 0 Å². The molecule has 0 radical (unpaired) electrons. The lowest BCUT2D eigenvalue weighted by atomic mass is 10.2. The van der Waals surface area contributed by atoms with Gasteiger partial charge in [0, 0.05) is 29.6 Å². The molecule has 0 aliphatic carbocycles. The molecule has 1 heterocycles. The molecule has 0 saturated carbocycles. The van der Waals surface area contributed by atoms with E-state index in [0.717, 1.165) is 22.9 Å². The van der Waals surface area contributed by atoms with Crippen LogP contribution in [0.25, 0.3) is 0 Å². The number of ether oxygens (including phenoxy) is 1. The predicted octanol–water partition coefficient (Wildman–Crippen LogP) is 2.43. The van der Waals surface area contributed by atoms with Crippen molar-refractivity contribution in [2.45, 2.75) is 13.3 Å². The molecule has 1 aromatic carbocycles. The Balaban J connectivity index is 1.83. The molecule has 0 aliphatic heterocycles. The summed E-state index contributed by atoms with van der Waals surface area (Å²) in [6.45, 7) is 2.56. The first-order valence-electron chi connectivity index (χ1n) is 6.02. The second-order valence-corrected chi connectivity index (χ2v) is 5.06. The van der Waals surface area contributed by atoms with Crippen LogP contribution in [0.4, 0.5) is 0 Å². The van der Waals surface area contributed by atoms with Gasteiger partial charge in [-0.3, -0.25) is 4.79 Å².